The minimum atomic E-state index is -0.987. The molecule has 0 fully saturated rings. The molecule has 0 spiro atoms. The molecule has 3 rings (SSSR count). The molecule has 0 aliphatic carbocycles. The molecular weight excluding hydrogens is 342 g/mol. The largest absolute Gasteiger partial charge is 0.478 e. The minimum absolute atomic E-state index is 0.0771. The molecular formula is C22H23NO4. The van der Waals surface area contributed by atoms with Crippen molar-refractivity contribution in [1.29, 1.82) is 0 Å². The van der Waals surface area contributed by atoms with Gasteiger partial charge in [0.2, 0.25) is 5.91 Å². The first-order valence-electron chi connectivity index (χ1n) is 8.91. The number of hydrogen-bond acceptors (Lipinski definition) is 3. The zero-order chi connectivity index (χ0) is 19.4. The van der Waals surface area contributed by atoms with Gasteiger partial charge in [0.15, 0.2) is 0 Å². The number of benzene rings is 2. The van der Waals surface area contributed by atoms with Crippen molar-refractivity contribution in [2.75, 3.05) is 20.3 Å². The maximum absolute atomic E-state index is 12.6. The molecule has 0 aromatic heterocycles. The molecule has 27 heavy (non-hydrogen) atoms. The molecule has 1 aliphatic heterocycles. The highest BCUT2D eigenvalue weighted by Crippen LogP contribution is 2.37. The van der Waals surface area contributed by atoms with Gasteiger partial charge in [-0.05, 0) is 23.6 Å². The molecule has 1 amide bonds. The number of nitrogens with zero attached hydrogens (tertiary/aromatic N) is 1. The zero-order valence-electron chi connectivity index (χ0n) is 15.5. The van der Waals surface area contributed by atoms with Gasteiger partial charge < -0.3 is 14.7 Å². The van der Waals surface area contributed by atoms with E-state index < -0.39 is 11.9 Å². The lowest BCUT2D eigenvalue weighted by molar-refractivity contribution is -0.135. The molecule has 0 saturated carbocycles. The van der Waals surface area contributed by atoms with E-state index in [1.165, 1.54) is 4.90 Å². The van der Waals surface area contributed by atoms with Gasteiger partial charge in [0, 0.05) is 31.7 Å². The van der Waals surface area contributed by atoms with Crippen molar-refractivity contribution in [2.45, 2.75) is 19.3 Å². The van der Waals surface area contributed by atoms with Crippen LogP contribution in [-0.4, -0.2) is 42.1 Å². The molecule has 2 aromatic rings. The summed E-state index contributed by atoms with van der Waals surface area (Å²) < 4.78 is 5.04. The van der Waals surface area contributed by atoms with Crippen LogP contribution in [0.25, 0.3) is 11.1 Å². The highest BCUT2D eigenvalue weighted by atomic mass is 16.5. The standard InChI is InChI=1S/C22H23NO4/c1-15-21(22(25)26)19(14-20(24)23(15)12-13-27-2)18-10-8-17(9-11-18)16-6-4-3-5-7-16/h3-11,19H,12-14H2,1-2H3,(H,25,26). The van der Waals surface area contributed by atoms with Crippen LogP contribution in [0.4, 0.5) is 0 Å². The highest BCUT2D eigenvalue weighted by Gasteiger charge is 2.35. The number of carboxylic acids is 1. The van der Waals surface area contributed by atoms with Crippen molar-refractivity contribution in [3.05, 3.63) is 71.4 Å². The fourth-order valence-electron chi connectivity index (χ4n) is 3.57. The van der Waals surface area contributed by atoms with E-state index in [1.807, 2.05) is 54.6 Å². The number of hydrogen-bond donors (Lipinski definition) is 1. The first-order chi connectivity index (χ1) is 13.0. The van der Waals surface area contributed by atoms with Crippen molar-refractivity contribution in [3.63, 3.8) is 0 Å². The van der Waals surface area contributed by atoms with Crippen molar-refractivity contribution >= 4 is 11.9 Å². The Kier molecular flexibility index (Phi) is 5.72. The normalized spacial score (nSPS) is 17.3. The van der Waals surface area contributed by atoms with E-state index in [0.29, 0.717) is 18.8 Å². The third kappa shape index (κ3) is 3.93. The van der Waals surface area contributed by atoms with Gasteiger partial charge in [-0.2, -0.15) is 0 Å². The SMILES string of the molecule is COCCN1C(=O)CC(c2ccc(-c3ccccc3)cc2)C(C(=O)O)=C1C. The second-order valence-electron chi connectivity index (χ2n) is 6.59. The molecule has 2 aromatic carbocycles. The lowest BCUT2D eigenvalue weighted by atomic mass is 9.83. The second kappa shape index (κ2) is 8.18. The number of ether oxygens (including phenoxy) is 1. The molecule has 5 heteroatoms. The van der Waals surface area contributed by atoms with Crippen LogP contribution in [0.5, 0.6) is 0 Å². The molecule has 0 saturated heterocycles. The Bertz CT molecular complexity index is 856. The van der Waals surface area contributed by atoms with Crippen molar-refractivity contribution in [2.24, 2.45) is 0 Å². The summed E-state index contributed by atoms with van der Waals surface area (Å²) in [4.78, 5) is 26.0. The number of amides is 1. The van der Waals surface area contributed by atoms with E-state index in [4.69, 9.17) is 4.74 Å². The fourth-order valence-corrected chi connectivity index (χ4v) is 3.57. The van der Waals surface area contributed by atoms with Crippen LogP contribution < -0.4 is 0 Å². The maximum atomic E-state index is 12.6. The Morgan fingerprint density at radius 2 is 1.74 bits per heavy atom. The molecule has 1 N–H and O–H groups in total. The van der Waals surface area contributed by atoms with Gasteiger partial charge in [-0.1, -0.05) is 54.6 Å². The van der Waals surface area contributed by atoms with Gasteiger partial charge in [0.1, 0.15) is 0 Å². The molecule has 0 radical (unpaired) electrons. The molecule has 0 bridgehead atoms. The Balaban J connectivity index is 1.94. The lowest BCUT2D eigenvalue weighted by Crippen LogP contribution is -2.39. The summed E-state index contributed by atoms with van der Waals surface area (Å²) in [6.45, 7) is 2.42. The third-order valence-corrected chi connectivity index (χ3v) is 4.99. The highest BCUT2D eigenvalue weighted by molar-refractivity contribution is 5.94. The van der Waals surface area contributed by atoms with Crippen LogP contribution in [0, 0.1) is 0 Å². The Labute approximate surface area is 158 Å². The first-order valence-corrected chi connectivity index (χ1v) is 8.91. The summed E-state index contributed by atoms with van der Waals surface area (Å²) >= 11 is 0. The van der Waals surface area contributed by atoms with Crippen molar-refractivity contribution in [3.8, 4) is 11.1 Å². The summed E-state index contributed by atoms with van der Waals surface area (Å²) in [6.07, 6.45) is 0.146. The number of carbonyl (C=O) groups excluding carboxylic acids is 1. The monoisotopic (exact) mass is 365 g/mol. The van der Waals surface area contributed by atoms with Crippen molar-refractivity contribution < 1.29 is 19.4 Å². The molecule has 1 heterocycles. The molecule has 1 unspecified atom stereocenters. The quantitative estimate of drug-likeness (QED) is 0.848. The van der Waals surface area contributed by atoms with Crippen LogP contribution in [0.3, 0.4) is 0 Å². The van der Waals surface area contributed by atoms with Gasteiger partial charge in [-0.25, -0.2) is 4.79 Å². The van der Waals surface area contributed by atoms with Crippen LogP contribution >= 0.6 is 0 Å². The van der Waals surface area contributed by atoms with E-state index in [0.717, 1.165) is 16.7 Å². The maximum Gasteiger partial charge on any atom is 0.333 e. The number of carboxylic acid groups (broad SMARTS) is 1. The summed E-state index contributed by atoms with van der Waals surface area (Å²) in [7, 11) is 1.56. The number of rotatable bonds is 6. The van der Waals surface area contributed by atoms with Gasteiger partial charge in [-0.15, -0.1) is 0 Å². The summed E-state index contributed by atoms with van der Waals surface area (Å²) in [6, 6.07) is 17.8. The van der Waals surface area contributed by atoms with E-state index >= 15 is 0 Å². The predicted octanol–water partition coefficient (Wildman–Crippen LogP) is 3.67. The smallest absolute Gasteiger partial charge is 0.333 e. The van der Waals surface area contributed by atoms with Crippen LogP contribution in [-0.2, 0) is 14.3 Å². The predicted molar refractivity (Wildman–Crippen MR) is 103 cm³/mol. The van der Waals surface area contributed by atoms with E-state index in [1.54, 1.807) is 14.0 Å². The minimum Gasteiger partial charge on any atom is -0.478 e. The van der Waals surface area contributed by atoms with Crippen LogP contribution in [0.1, 0.15) is 24.8 Å². The van der Waals surface area contributed by atoms with E-state index in [2.05, 4.69) is 0 Å². The van der Waals surface area contributed by atoms with Gasteiger partial charge in [0.25, 0.3) is 0 Å². The molecule has 5 nitrogen and oxygen atoms in total. The number of carbonyl (C=O) groups is 2. The number of aliphatic carboxylic acids is 1. The Morgan fingerprint density at radius 3 is 2.33 bits per heavy atom. The van der Waals surface area contributed by atoms with Crippen LogP contribution in [0.15, 0.2) is 65.9 Å². The van der Waals surface area contributed by atoms with Gasteiger partial charge in [-0.3, -0.25) is 4.79 Å². The fraction of sp³-hybridized carbons (Fsp3) is 0.273. The van der Waals surface area contributed by atoms with Crippen LogP contribution in [0.2, 0.25) is 0 Å². The summed E-state index contributed by atoms with van der Waals surface area (Å²) in [5.74, 6) is -1.51. The van der Waals surface area contributed by atoms with Gasteiger partial charge >= 0.3 is 5.97 Å². The average Bonchev–Trinajstić information content (AvgIpc) is 2.68. The van der Waals surface area contributed by atoms with Crippen molar-refractivity contribution in [1.82, 2.24) is 4.90 Å². The lowest BCUT2D eigenvalue weighted by Gasteiger charge is -2.33. The molecule has 140 valence electrons. The topological polar surface area (TPSA) is 66.8 Å². The average molecular weight is 365 g/mol. The van der Waals surface area contributed by atoms with Gasteiger partial charge in [0.05, 0.1) is 12.2 Å². The third-order valence-electron chi connectivity index (χ3n) is 4.99. The second-order valence-corrected chi connectivity index (χ2v) is 6.59. The molecule has 1 aliphatic rings. The van der Waals surface area contributed by atoms with E-state index in [-0.39, 0.29) is 17.9 Å². The van der Waals surface area contributed by atoms with E-state index in [9.17, 15) is 14.7 Å². The Morgan fingerprint density at radius 1 is 1.11 bits per heavy atom. The summed E-state index contributed by atoms with van der Waals surface area (Å²) in [5.41, 5.74) is 3.76. The first kappa shape index (κ1) is 18.9. The Hall–Kier alpha value is -2.92. The zero-order valence-corrected chi connectivity index (χ0v) is 15.5. The number of allylic oxidation sites excluding steroid dienone is 1. The summed E-state index contributed by atoms with van der Waals surface area (Å²) in [5, 5.41) is 9.78. The number of methoxy groups -OCH3 is 1. The molecule has 1 atom stereocenters.